The number of hydrogen-bond acceptors (Lipinski definition) is 2. The number of Topliss-reactive ketones (excluding diaryl/α,β-unsaturated/α-hetero) is 1. The van der Waals surface area contributed by atoms with Crippen LogP contribution in [0.25, 0.3) is 0 Å². The summed E-state index contributed by atoms with van der Waals surface area (Å²) in [6.45, 7) is 3.33. The standard InChI is InChI=1S/C17H22BrNO/c18-16-5-3-15(4-6-16)17(20)8-10-19-9-7-13-1-2-14(11-13)12-19/h3-6,13-14H,1-2,7-12H2. The molecule has 2 aliphatic rings. The van der Waals surface area contributed by atoms with Gasteiger partial charge in [-0.2, -0.15) is 0 Å². The van der Waals surface area contributed by atoms with Crippen molar-refractivity contribution in [2.75, 3.05) is 19.6 Å². The number of benzene rings is 1. The predicted octanol–water partition coefficient (Wildman–Crippen LogP) is 4.14. The number of nitrogens with zero attached hydrogens (tertiary/aromatic N) is 1. The Morgan fingerprint density at radius 1 is 1.15 bits per heavy atom. The molecule has 2 bridgehead atoms. The topological polar surface area (TPSA) is 20.3 Å². The summed E-state index contributed by atoms with van der Waals surface area (Å²) in [5, 5.41) is 0. The number of carbonyl (C=O) groups is 1. The molecule has 0 spiro atoms. The highest BCUT2D eigenvalue weighted by Gasteiger charge is 2.29. The maximum absolute atomic E-state index is 12.2. The van der Waals surface area contributed by atoms with Crippen molar-refractivity contribution in [3.05, 3.63) is 34.3 Å². The summed E-state index contributed by atoms with van der Waals surface area (Å²) in [5.41, 5.74) is 0.838. The van der Waals surface area contributed by atoms with E-state index >= 15 is 0 Å². The normalized spacial score (nSPS) is 26.4. The maximum Gasteiger partial charge on any atom is 0.164 e. The quantitative estimate of drug-likeness (QED) is 0.770. The van der Waals surface area contributed by atoms with Gasteiger partial charge in [-0.1, -0.05) is 34.5 Å². The van der Waals surface area contributed by atoms with E-state index in [9.17, 15) is 4.79 Å². The Balaban J connectivity index is 1.51. The third kappa shape index (κ3) is 3.50. The van der Waals surface area contributed by atoms with Crippen LogP contribution >= 0.6 is 15.9 Å². The summed E-state index contributed by atoms with van der Waals surface area (Å²) in [4.78, 5) is 14.7. The number of likely N-dealkylation sites (tertiary alicyclic amines) is 1. The Morgan fingerprint density at radius 2 is 1.90 bits per heavy atom. The molecule has 2 nitrogen and oxygen atoms in total. The molecule has 2 unspecified atom stereocenters. The molecule has 3 rings (SSSR count). The van der Waals surface area contributed by atoms with Gasteiger partial charge in [-0.3, -0.25) is 4.79 Å². The Kier molecular flexibility index (Phi) is 4.57. The van der Waals surface area contributed by atoms with Gasteiger partial charge in [0.1, 0.15) is 0 Å². The van der Waals surface area contributed by atoms with Crippen LogP contribution in [0.3, 0.4) is 0 Å². The first-order valence-corrected chi connectivity index (χ1v) is 8.51. The number of halogens is 1. The van der Waals surface area contributed by atoms with E-state index in [0.717, 1.165) is 28.4 Å². The van der Waals surface area contributed by atoms with Crippen LogP contribution < -0.4 is 0 Å². The van der Waals surface area contributed by atoms with Crippen LogP contribution in [0, 0.1) is 11.8 Å². The Bertz CT molecular complexity index is 470. The summed E-state index contributed by atoms with van der Waals surface area (Å²) in [7, 11) is 0. The lowest BCUT2D eigenvalue weighted by molar-refractivity contribution is 0.0960. The molecule has 1 aromatic rings. The lowest BCUT2D eigenvalue weighted by Crippen LogP contribution is -2.31. The fourth-order valence-corrected chi connectivity index (χ4v) is 3.94. The molecule has 0 N–H and O–H groups in total. The molecule has 1 aliphatic heterocycles. The van der Waals surface area contributed by atoms with Crippen molar-refractivity contribution in [3.8, 4) is 0 Å². The van der Waals surface area contributed by atoms with Crippen molar-refractivity contribution in [3.63, 3.8) is 0 Å². The number of hydrogen-bond donors (Lipinski definition) is 0. The van der Waals surface area contributed by atoms with Gasteiger partial charge in [0.05, 0.1) is 0 Å². The molecule has 1 aliphatic carbocycles. The van der Waals surface area contributed by atoms with Crippen molar-refractivity contribution in [1.82, 2.24) is 4.90 Å². The molecule has 1 saturated carbocycles. The second-order valence-electron chi connectivity index (χ2n) is 6.31. The molecule has 108 valence electrons. The van der Waals surface area contributed by atoms with Crippen molar-refractivity contribution in [2.24, 2.45) is 11.8 Å². The molecule has 0 amide bonds. The number of ketones is 1. The zero-order chi connectivity index (χ0) is 13.9. The minimum atomic E-state index is 0.270. The molecular weight excluding hydrogens is 314 g/mol. The number of carbonyl (C=O) groups excluding carboxylic acids is 1. The van der Waals surface area contributed by atoms with Gasteiger partial charge >= 0.3 is 0 Å². The second-order valence-corrected chi connectivity index (χ2v) is 7.23. The van der Waals surface area contributed by atoms with E-state index in [1.54, 1.807) is 0 Å². The van der Waals surface area contributed by atoms with E-state index in [-0.39, 0.29) is 5.78 Å². The van der Waals surface area contributed by atoms with E-state index in [2.05, 4.69) is 20.8 Å². The zero-order valence-electron chi connectivity index (χ0n) is 11.9. The molecular formula is C17H22BrNO. The van der Waals surface area contributed by atoms with Gasteiger partial charge in [0.2, 0.25) is 0 Å². The molecule has 2 atom stereocenters. The van der Waals surface area contributed by atoms with E-state index in [0.29, 0.717) is 6.42 Å². The molecule has 0 aromatic heterocycles. The first-order chi connectivity index (χ1) is 9.70. The highest BCUT2D eigenvalue weighted by molar-refractivity contribution is 9.10. The fourth-order valence-electron chi connectivity index (χ4n) is 3.67. The van der Waals surface area contributed by atoms with Gasteiger partial charge in [-0.25, -0.2) is 0 Å². The lowest BCUT2D eigenvalue weighted by atomic mass is 10.0. The van der Waals surface area contributed by atoms with E-state index in [1.807, 2.05) is 24.3 Å². The third-order valence-electron chi connectivity index (χ3n) is 4.84. The van der Waals surface area contributed by atoms with E-state index < -0.39 is 0 Å². The molecule has 1 aromatic carbocycles. The SMILES string of the molecule is O=C(CCN1CCC2CCC(C2)C1)c1ccc(Br)cc1. The van der Waals surface area contributed by atoms with Crippen molar-refractivity contribution in [2.45, 2.75) is 32.1 Å². The summed E-state index contributed by atoms with van der Waals surface area (Å²) in [6.07, 6.45) is 6.26. The molecule has 0 radical (unpaired) electrons. The summed E-state index contributed by atoms with van der Waals surface area (Å²) in [6, 6.07) is 7.71. The van der Waals surface area contributed by atoms with Crippen LogP contribution in [0.1, 0.15) is 42.5 Å². The largest absolute Gasteiger partial charge is 0.303 e. The van der Waals surface area contributed by atoms with Crippen molar-refractivity contribution >= 4 is 21.7 Å². The predicted molar refractivity (Wildman–Crippen MR) is 85.0 cm³/mol. The monoisotopic (exact) mass is 335 g/mol. The Labute approximate surface area is 129 Å². The lowest BCUT2D eigenvalue weighted by Gasteiger charge is -2.24. The van der Waals surface area contributed by atoms with Gasteiger partial charge in [-0.15, -0.1) is 0 Å². The second kappa shape index (κ2) is 6.40. The van der Waals surface area contributed by atoms with Crippen LogP contribution in [0.2, 0.25) is 0 Å². The minimum absolute atomic E-state index is 0.270. The molecule has 1 saturated heterocycles. The van der Waals surface area contributed by atoms with Crippen LogP contribution in [0.4, 0.5) is 0 Å². The zero-order valence-corrected chi connectivity index (χ0v) is 13.4. The number of fused-ring (bicyclic) bond motifs is 2. The molecule has 2 fully saturated rings. The van der Waals surface area contributed by atoms with Gasteiger partial charge in [-0.05, 0) is 49.8 Å². The molecule has 20 heavy (non-hydrogen) atoms. The fraction of sp³-hybridized carbons (Fsp3) is 0.588. The van der Waals surface area contributed by atoms with E-state index in [4.69, 9.17) is 0 Å². The molecule has 1 heterocycles. The van der Waals surface area contributed by atoms with Gasteiger partial charge in [0.15, 0.2) is 5.78 Å². The van der Waals surface area contributed by atoms with Gasteiger partial charge < -0.3 is 4.90 Å². The van der Waals surface area contributed by atoms with Gasteiger partial charge in [0.25, 0.3) is 0 Å². The maximum atomic E-state index is 12.2. The van der Waals surface area contributed by atoms with E-state index in [1.165, 1.54) is 38.8 Å². The highest BCUT2D eigenvalue weighted by atomic mass is 79.9. The van der Waals surface area contributed by atoms with Crippen LogP contribution in [-0.2, 0) is 0 Å². The summed E-state index contributed by atoms with van der Waals surface area (Å²) < 4.78 is 1.03. The highest BCUT2D eigenvalue weighted by Crippen LogP contribution is 2.36. The van der Waals surface area contributed by atoms with Crippen LogP contribution in [-0.4, -0.2) is 30.3 Å². The smallest absolute Gasteiger partial charge is 0.164 e. The Morgan fingerprint density at radius 3 is 2.70 bits per heavy atom. The minimum Gasteiger partial charge on any atom is -0.303 e. The molecule has 3 heteroatoms. The average molecular weight is 336 g/mol. The Hall–Kier alpha value is -0.670. The van der Waals surface area contributed by atoms with Gasteiger partial charge in [0, 0.05) is 29.5 Å². The first kappa shape index (κ1) is 14.3. The van der Waals surface area contributed by atoms with Crippen LogP contribution in [0.15, 0.2) is 28.7 Å². The van der Waals surface area contributed by atoms with Crippen molar-refractivity contribution in [1.29, 1.82) is 0 Å². The summed E-state index contributed by atoms with van der Waals surface area (Å²) >= 11 is 3.40. The third-order valence-corrected chi connectivity index (χ3v) is 5.37. The van der Waals surface area contributed by atoms with Crippen LogP contribution in [0.5, 0.6) is 0 Å². The van der Waals surface area contributed by atoms with Crippen molar-refractivity contribution < 1.29 is 4.79 Å². The number of rotatable bonds is 4. The summed E-state index contributed by atoms with van der Waals surface area (Å²) in [5.74, 6) is 2.13. The average Bonchev–Trinajstić information content (AvgIpc) is 2.78. The first-order valence-electron chi connectivity index (χ1n) is 7.72.